The van der Waals surface area contributed by atoms with E-state index < -0.39 is 0 Å². The first-order chi connectivity index (χ1) is 9.88. The van der Waals surface area contributed by atoms with E-state index in [1.165, 1.54) is 18.2 Å². The molecule has 1 amide bonds. The molecule has 0 spiro atoms. The van der Waals surface area contributed by atoms with Crippen molar-refractivity contribution in [2.45, 2.75) is 26.7 Å². The Labute approximate surface area is 132 Å². The maximum Gasteiger partial charge on any atom is 0.255 e. The Balaban J connectivity index is 2.31. The van der Waals surface area contributed by atoms with Gasteiger partial charge in [0.1, 0.15) is 5.82 Å². The summed E-state index contributed by atoms with van der Waals surface area (Å²) >= 11 is 3.44. The molecule has 110 valence electrons. The number of benzene rings is 2. The van der Waals surface area contributed by atoms with Crippen molar-refractivity contribution >= 4 is 27.5 Å². The molecule has 2 nitrogen and oxygen atoms in total. The Hall–Kier alpha value is -1.68. The second-order valence-corrected chi connectivity index (χ2v) is 6.22. The van der Waals surface area contributed by atoms with Crippen LogP contribution in [0.4, 0.5) is 10.1 Å². The predicted octanol–water partition coefficient (Wildman–Crippen LogP) is 5.27. The summed E-state index contributed by atoms with van der Waals surface area (Å²) in [5.41, 5.74) is 2.93. The molecule has 0 radical (unpaired) electrons. The van der Waals surface area contributed by atoms with Gasteiger partial charge in [-0.2, -0.15) is 0 Å². The molecule has 0 saturated carbocycles. The van der Waals surface area contributed by atoms with Crippen LogP contribution in [0.5, 0.6) is 0 Å². The fraction of sp³-hybridized carbons (Fsp3) is 0.235. The lowest BCUT2D eigenvalue weighted by atomic mass is 10.0. The second kappa shape index (κ2) is 6.39. The third-order valence-electron chi connectivity index (χ3n) is 3.32. The highest BCUT2D eigenvalue weighted by Gasteiger charge is 2.13. The van der Waals surface area contributed by atoms with Crippen molar-refractivity contribution in [2.75, 3.05) is 5.32 Å². The average Bonchev–Trinajstić information content (AvgIpc) is 2.40. The van der Waals surface area contributed by atoms with Crippen molar-refractivity contribution in [3.63, 3.8) is 0 Å². The van der Waals surface area contributed by atoms with Crippen molar-refractivity contribution in [1.82, 2.24) is 0 Å². The maximum absolute atomic E-state index is 13.1. The van der Waals surface area contributed by atoms with Crippen molar-refractivity contribution < 1.29 is 9.18 Å². The molecule has 4 heteroatoms. The summed E-state index contributed by atoms with van der Waals surface area (Å²) in [6.45, 7) is 5.87. The summed E-state index contributed by atoms with van der Waals surface area (Å²) < 4.78 is 14.1. The van der Waals surface area contributed by atoms with Gasteiger partial charge < -0.3 is 5.32 Å². The molecule has 0 saturated heterocycles. The van der Waals surface area contributed by atoms with Crippen molar-refractivity contribution in [1.29, 1.82) is 0 Å². The van der Waals surface area contributed by atoms with E-state index in [-0.39, 0.29) is 17.6 Å². The van der Waals surface area contributed by atoms with Gasteiger partial charge in [0.25, 0.3) is 5.91 Å². The van der Waals surface area contributed by atoms with E-state index in [2.05, 4.69) is 35.1 Å². The van der Waals surface area contributed by atoms with Gasteiger partial charge in [-0.1, -0.05) is 29.8 Å². The summed E-state index contributed by atoms with van der Waals surface area (Å²) in [7, 11) is 0. The van der Waals surface area contributed by atoms with Crippen LogP contribution in [0.2, 0.25) is 0 Å². The quantitative estimate of drug-likeness (QED) is 0.803. The van der Waals surface area contributed by atoms with Crippen LogP contribution in [0.1, 0.15) is 41.3 Å². The number of rotatable bonds is 3. The smallest absolute Gasteiger partial charge is 0.255 e. The Morgan fingerprint density at radius 1 is 1.19 bits per heavy atom. The SMILES string of the molecule is Cc1cc(F)ccc1C(=O)Nc1ccc(Br)cc1C(C)C. The minimum Gasteiger partial charge on any atom is -0.322 e. The van der Waals surface area contributed by atoms with E-state index in [0.717, 1.165) is 15.7 Å². The number of carbonyl (C=O) groups is 1. The molecule has 2 aromatic rings. The number of carbonyl (C=O) groups excluding carboxylic acids is 1. The van der Waals surface area contributed by atoms with Crippen molar-refractivity contribution in [2.24, 2.45) is 0 Å². The highest BCUT2D eigenvalue weighted by Crippen LogP contribution is 2.28. The van der Waals surface area contributed by atoms with E-state index >= 15 is 0 Å². The Bertz CT molecular complexity index is 682. The molecule has 21 heavy (non-hydrogen) atoms. The molecule has 0 bridgehead atoms. The Morgan fingerprint density at radius 3 is 2.52 bits per heavy atom. The zero-order valence-corrected chi connectivity index (χ0v) is 13.8. The standard InChI is InChI=1S/C17H17BrFNO/c1-10(2)15-9-12(18)4-7-16(15)20-17(21)14-6-5-13(19)8-11(14)3/h4-10H,1-3H3,(H,20,21). The summed E-state index contributed by atoms with van der Waals surface area (Å²) in [6, 6.07) is 9.92. The molecule has 2 aromatic carbocycles. The topological polar surface area (TPSA) is 29.1 Å². The summed E-state index contributed by atoms with van der Waals surface area (Å²) in [5, 5.41) is 2.91. The minimum atomic E-state index is -0.337. The zero-order chi connectivity index (χ0) is 15.6. The van der Waals surface area contributed by atoms with Crippen molar-refractivity contribution in [3.8, 4) is 0 Å². The molecule has 0 aromatic heterocycles. The van der Waals surface area contributed by atoms with Gasteiger partial charge >= 0.3 is 0 Å². The van der Waals surface area contributed by atoms with Crippen LogP contribution in [0.25, 0.3) is 0 Å². The van der Waals surface area contributed by atoms with E-state index in [4.69, 9.17) is 0 Å². The third kappa shape index (κ3) is 3.70. The van der Waals surface area contributed by atoms with Gasteiger partial charge in [0, 0.05) is 15.7 Å². The molecule has 0 aliphatic heterocycles. The molecular weight excluding hydrogens is 333 g/mol. The molecule has 0 aliphatic carbocycles. The van der Waals surface area contributed by atoms with Gasteiger partial charge in [0.05, 0.1) is 0 Å². The molecule has 0 atom stereocenters. The van der Waals surface area contributed by atoms with E-state index in [9.17, 15) is 9.18 Å². The second-order valence-electron chi connectivity index (χ2n) is 5.30. The molecule has 2 rings (SSSR count). The molecule has 1 N–H and O–H groups in total. The normalized spacial score (nSPS) is 10.8. The molecule has 0 fully saturated rings. The van der Waals surface area contributed by atoms with Gasteiger partial charge in [0.2, 0.25) is 0 Å². The lowest BCUT2D eigenvalue weighted by Crippen LogP contribution is -2.15. The van der Waals surface area contributed by atoms with Gasteiger partial charge in [-0.15, -0.1) is 0 Å². The van der Waals surface area contributed by atoms with Crippen LogP contribution in [-0.4, -0.2) is 5.91 Å². The number of hydrogen-bond acceptors (Lipinski definition) is 1. The Morgan fingerprint density at radius 2 is 1.90 bits per heavy atom. The van der Waals surface area contributed by atoms with Gasteiger partial charge in [0.15, 0.2) is 0 Å². The number of aryl methyl sites for hydroxylation is 1. The van der Waals surface area contributed by atoms with Crippen LogP contribution in [0.15, 0.2) is 40.9 Å². The summed E-state index contributed by atoms with van der Waals surface area (Å²) in [4.78, 5) is 12.4. The van der Waals surface area contributed by atoms with Crippen LogP contribution in [0, 0.1) is 12.7 Å². The van der Waals surface area contributed by atoms with E-state index in [1.807, 2.05) is 18.2 Å². The number of amides is 1. The largest absolute Gasteiger partial charge is 0.322 e. The number of hydrogen-bond donors (Lipinski definition) is 1. The maximum atomic E-state index is 13.1. The lowest BCUT2D eigenvalue weighted by Gasteiger charge is -2.15. The molecule has 0 heterocycles. The van der Waals surface area contributed by atoms with Crippen LogP contribution >= 0.6 is 15.9 Å². The summed E-state index contributed by atoms with van der Waals surface area (Å²) in [6.07, 6.45) is 0. The molecule has 0 aliphatic rings. The monoisotopic (exact) mass is 349 g/mol. The lowest BCUT2D eigenvalue weighted by molar-refractivity contribution is 0.102. The fourth-order valence-electron chi connectivity index (χ4n) is 2.20. The first-order valence-electron chi connectivity index (χ1n) is 6.75. The summed E-state index contributed by atoms with van der Waals surface area (Å²) in [5.74, 6) is -0.278. The third-order valence-corrected chi connectivity index (χ3v) is 3.81. The predicted molar refractivity (Wildman–Crippen MR) is 87.3 cm³/mol. The van der Waals surface area contributed by atoms with E-state index in [1.54, 1.807) is 6.92 Å². The number of nitrogens with one attached hydrogen (secondary N) is 1. The minimum absolute atomic E-state index is 0.225. The average molecular weight is 350 g/mol. The van der Waals surface area contributed by atoms with Crippen LogP contribution < -0.4 is 5.32 Å². The highest BCUT2D eigenvalue weighted by atomic mass is 79.9. The molecular formula is C17H17BrFNO. The van der Waals surface area contributed by atoms with E-state index in [0.29, 0.717) is 11.1 Å². The first kappa shape index (κ1) is 15.7. The number of halogens is 2. The Kier molecular flexibility index (Phi) is 4.78. The van der Waals surface area contributed by atoms with Gasteiger partial charge in [-0.05, 0) is 60.4 Å². The van der Waals surface area contributed by atoms with Gasteiger partial charge in [-0.25, -0.2) is 4.39 Å². The molecule has 0 unspecified atom stereocenters. The van der Waals surface area contributed by atoms with Crippen LogP contribution in [0.3, 0.4) is 0 Å². The van der Waals surface area contributed by atoms with Crippen LogP contribution in [-0.2, 0) is 0 Å². The zero-order valence-electron chi connectivity index (χ0n) is 12.2. The number of anilines is 1. The fourth-order valence-corrected chi connectivity index (χ4v) is 2.58. The van der Waals surface area contributed by atoms with Crippen molar-refractivity contribution in [3.05, 3.63) is 63.4 Å². The highest BCUT2D eigenvalue weighted by molar-refractivity contribution is 9.10. The van der Waals surface area contributed by atoms with Gasteiger partial charge in [-0.3, -0.25) is 4.79 Å². The first-order valence-corrected chi connectivity index (χ1v) is 7.54.